The van der Waals surface area contributed by atoms with Crippen molar-refractivity contribution in [1.29, 1.82) is 0 Å². The second-order valence-electron chi connectivity index (χ2n) is 4.94. The van der Waals surface area contributed by atoms with Crippen LogP contribution in [0.4, 0.5) is 0 Å². The molecule has 1 heterocycles. The molecule has 1 unspecified atom stereocenters. The maximum absolute atomic E-state index is 5.55. The normalized spacial score (nSPS) is 12.3. The van der Waals surface area contributed by atoms with E-state index in [0.29, 0.717) is 6.54 Å². The number of methoxy groups -OCH3 is 1. The van der Waals surface area contributed by atoms with Crippen LogP contribution in [-0.2, 0) is 11.3 Å². The van der Waals surface area contributed by atoms with Gasteiger partial charge >= 0.3 is 0 Å². The average molecular weight is 428 g/mol. The van der Waals surface area contributed by atoms with Gasteiger partial charge in [0.15, 0.2) is 5.96 Å². The van der Waals surface area contributed by atoms with E-state index in [1.807, 2.05) is 42.7 Å². The van der Waals surface area contributed by atoms with Crippen molar-refractivity contribution in [3.63, 3.8) is 0 Å². The summed E-state index contributed by atoms with van der Waals surface area (Å²) < 4.78 is 7.67. The Morgan fingerprint density at radius 2 is 1.83 bits per heavy atom. The van der Waals surface area contributed by atoms with Crippen LogP contribution >= 0.6 is 24.0 Å². The van der Waals surface area contributed by atoms with Crippen molar-refractivity contribution in [2.75, 3.05) is 27.2 Å². The van der Waals surface area contributed by atoms with Gasteiger partial charge in [-0.25, -0.2) is 0 Å². The van der Waals surface area contributed by atoms with Crippen molar-refractivity contribution in [2.24, 2.45) is 4.99 Å². The van der Waals surface area contributed by atoms with Crippen molar-refractivity contribution in [1.82, 2.24) is 15.2 Å². The van der Waals surface area contributed by atoms with Gasteiger partial charge in [-0.05, 0) is 17.7 Å². The SMILES string of the molecule is CN=C(NCCn1cccc1)NCC(OC)c1ccccc1.I. The Morgan fingerprint density at radius 3 is 2.43 bits per heavy atom. The molecule has 0 bridgehead atoms. The van der Waals surface area contributed by atoms with Crippen LogP contribution in [0.25, 0.3) is 0 Å². The molecule has 1 atom stereocenters. The van der Waals surface area contributed by atoms with E-state index in [4.69, 9.17) is 4.74 Å². The van der Waals surface area contributed by atoms with Gasteiger partial charge in [0, 0.05) is 46.2 Å². The zero-order valence-corrected chi connectivity index (χ0v) is 15.9. The number of aliphatic imine (C=N–C) groups is 1. The highest BCUT2D eigenvalue weighted by molar-refractivity contribution is 14.0. The zero-order valence-electron chi connectivity index (χ0n) is 13.6. The van der Waals surface area contributed by atoms with Gasteiger partial charge in [0.05, 0.1) is 6.10 Å². The number of benzene rings is 1. The number of rotatable bonds is 7. The molecule has 6 heteroatoms. The topological polar surface area (TPSA) is 50.6 Å². The fourth-order valence-electron chi connectivity index (χ4n) is 2.24. The molecule has 2 rings (SSSR count). The van der Waals surface area contributed by atoms with Gasteiger partial charge in [-0.1, -0.05) is 30.3 Å². The maximum atomic E-state index is 5.55. The molecule has 0 aliphatic carbocycles. The van der Waals surface area contributed by atoms with Crippen LogP contribution in [0.15, 0.2) is 59.9 Å². The van der Waals surface area contributed by atoms with E-state index in [2.05, 4.69) is 32.3 Å². The van der Waals surface area contributed by atoms with E-state index in [1.165, 1.54) is 0 Å². The summed E-state index contributed by atoms with van der Waals surface area (Å²) in [5.41, 5.74) is 1.15. The first-order chi connectivity index (χ1) is 10.8. The van der Waals surface area contributed by atoms with Crippen LogP contribution in [0.3, 0.4) is 0 Å². The smallest absolute Gasteiger partial charge is 0.191 e. The minimum absolute atomic E-state index is 0. The van der Waals surface area contributed by atoms with Gasteiger partial charge < -0.3 is 19.9 Å². The highest BCUT2D eigenvalue weighted by Crippen LogP contribution is 2.14. The van der Waals surface area contributed by atoms with E-state index in [9.17, 15) is 0 Å². The largest absolute Gasteiger partial charge is 0.375 e. The van der Waals surface area contributed by atoms with E-state index < -0.39 is 0 Å². The summed E-state index contributed by atoms with van der Waals surface area (Å²) in [6, 6.07) is 14.2. The molecule has 2 aromatic rings. The fourth-order valence-corrected chi connectivity index (χ4v) is 2.24. The average Bonchev–Trinajstić information content (AvgIpc) is 3.08. The van der Waals surface area contributed by atoms with E-state index in [1.54, 1.807) is 14.2 Å². The minimum Gasteiger partial charge on any atom is -0.375 e. The molecule has 0 spiro atoms. The fraction of sp³-hybridized carbons (Fsp3) is 0.353. The molecule has 0 aliphatic rings. The Morgan fingerprint density at radius 1 is 1.13 bits per heavy atom. The molecule has 2 N–H and O–H groups in total. The van der Waals surface area contributed by atoms with E-state index >= 15 is 0 Å². The molecule has 1 aromatic carbocycles. The second kappa shape index (κ2) is 11.1. The quantitative estimate of drug-likeness (QED) is 0.405. The monoisotopic (exact) mass is 428 g/mol. The van der Waals surface area contributed by atoms with Crippen molar-refractivity contribution in [2.45, 2.75) is 12.6 Å². The van der Waals surface area contributed by atoms with Gasteiger partial charge in [-0.2, -0.15) is 0 Å². The summed E-state index contributed by atoms with van der Waals surface area (Å²) in [6.45, 7) is 2.39. The lowest BCUT2D eigenvalue weighted by molar-refractivity contribution is 0.106. The lowest BCUT2D eigenvalue weighted by Gasteiger charge is -2.18. The molecule has 0 radical (unpaired) electrons. The Hall–Kier alpha value is -1.54. The van der Waals surface area contributed by atoms with Crippen molar-refractivity contribution < 1.29 is 4.74 Å². The second-order valence-corrected chi connectivity index (χ2v) is 4.94. The highest BCUT2D eigenvalue weighted by Gasteiger charge is 2.10. The first kappa shape index (κ1) is 19.5. The third-order valence-corrected chi connectivity index (χ3v) is 3.46. The molecule has 0 fully saturated rings. The standard InChI is InChI=1S/C17H24N4O.HI/c1-18-17(19-10-13-21-11-6-7-12-21)20-14-16(22-2)15-8-4-3-5-9-15;/h3-9,11-12,16H,10,13-14H2,1-2H3,(H2,18,19,20);1H. The third-order valence-electron chi connectivity index (χ3n) is 3.46. The summed E-state index contributed by atoms with van der Waals surface area (Å²) in [4.78, 5) is 4.24. The van der Waals surface area contributed by atoms with Gasteiger partial charge in [0.2, 0.25) is 0 Å². The predicted molar refractivity (Wildman–Crippen MR) is 105 cm³/mol. The third kappa shape index (κ3) is 6.62. The molecule has 5 nitrogen and oxygen atoms in total. The van der Waals surface area contributed by atoms with Gasteiger partial charge in [0.1, 0.15) is 0 Å². The number of ether oxygens (including phenoxy) is 1. The minimum atomic E-state index is 0. The molecular weight excluding hydrogens is 403 g/mol. The molecule has 0 saturated carbocycles. The van der Waals surface area contributed by atoms with Crippen molar-refractivity contribution in [3.8, 4) is 0 Å². The summed E-state index contributed by atoms with van der Waals surface area (Å²) in [7, 11) is 3.50. The van der Waals surface area contributed by atoms with Gasteiger partial charge in [-0.15, -0.1) is 24.0 Å². The lowest BCUT2D eigenvalue weighted by atomic mass is 10.1. The van der Waals surface area contributed by atoms with Crippen LogP contribution in [0, 0.1) is 0 Å². The van der Waals surface area contributed by atoms with Gasteiger partial charge in [-0.3, -0.25) is 4.99 Å². The molecule has 23 heavy (non-hydrogen) atoms. The molecule has 126 valence electrons. The van der Waals surface area contributed by atoms with Crippen LogP contribution < -0.4 is 10.6 Å². The number of hydrogen-bond acceptors (Lipinski definition) is 2. The van der Waals surface area contributed by atoms with Crippen LogP contribution in [0.2, 0.25) is 0 Å². The predicted octanol–water partition coefficient (Wildman–Crippen LogP) is 2.66. The zero-order chi connectivity index (χ0) is 15.6. The Balaban J connectivity index is 0.00000264. The molecule has 0 saturated heterocycles. The number of aromatic nitrogens is 1. The number of nitrogens with one attached hydrogen (secondary N) is 2. The highest BCUT2D eigenvalue weighted by atomic mass is 127. The summed E-state index contributed by atoms with van der Waals surface area (Å²) in [6.07, 6.45) is 4.10. The van der Waals surface area contributed by atoms with E-state index in [-0.39, 0.29) is 30.1 Å². The maximum Gasteiger partial charge on any atom is 0.191 e. The molecule has 0 amide bonds. The van der Waals surface area contributed by atoms with Crippen molar-refractivity contribution >= 4 is 29.9 Å². The Kier molecular flexibility index (Phi) is 9.39. The summed E-state index contributed by atoms with van der Waals surface area (Å²) >= 11 is 0. The first-order valence-corrected chi connectivity index (χ1v) is 7.46. The van der Waals surface area contributed by atoms with E-state index in [0.717, 1.165) is 24.6 Å². The molecular formula is C17H25IN4O. The van der Waals surface area contributed by atoms with Crippen LogP contribution in [0.5, 0.6) is 0 Å². The molecule has 1 aromatic heterocycles. The van der Waals surface area contributed by atoms with Crippen molar-refractivity contribution in [3.05, 3.63) is 60.4 Å². The lowest BCUT2D eigenvalue weighted by Crippen LogP contribution is -2.40. The summed E-state index contributed by atoms with van der Waals surface area (Å²) in [5, 5.41) is 6.60. The number of guanidine groups is 1. The number of hydrogen-bond donors (Lipinski definition) is 2. The Labute approximate surface area is 155 Å². The van der Waals surface area contributed by atoms with Crippen LogP contribution in [-0.4, -0.2) is 37.8 Å². The first-order valence-electron chi connectivity index (χ1n) is 7.46. The number of halogens is 1. The summed E-state index contributed by atoms with van der Waals surface area (Å²) in [5.74, 6) is 0.783. The number of nitrogens with zero attached hydrogens (tertiary/aromatic N) is 2. The van der Waals surface area contributed by atoms with Gasteiger partial charge in [0.25, 0.3) is 0 Å². The molecule has 0 aliphatic heterocycles. The Bertz CT molecular complexity index is 557. The van der Waals surface area contributed by atoms with Crippen LogP contribution in [0.1, 0.15) is 11.7 Å².